The van der Waals surface area contributed by atoms with Crippen molar-refractivity contribution in [3.05, 3.63) is 71.0 Å². The molecule has 31 heavy (non-hydrogen) atoms. The van der Waals surface area contributed by atoms with E-state index in [1.165, 1.54) is 16.6 Å². The van der Waals surface area contributed by atoms with E-state index in [0.29, 0.717) is 23.8 Å². The van der Waals surface area contributed by atoms with E-state index in [-0.39, 0.29) is 10.6 Å². The molecule has 0 saturated carbocycles. The molecular weight excluding hydrogens is 454 g/mol. The van der Waals surface area contributed by atoms with Crippen LogP contribution in [-0.4, -0.2) is 48.2 Å². The molecule has 0 bridgehead atoms. The van der Waals surface area contributed by atoms with Crippen molar-refractivity contribution in [2.75, 3.05) is 29.9 Å². The van der Waals surface area contributed by atoms with E-state index in [0.717, 1.165) is 28.2 Å². The van der Waals surface area contributed by atoms with Crippen LogP contribution >= 0.6 is 23.4 Å². The maximum Gasteiger partial charge on any atom is 0.272 e. The molecule has 0 radical (unpaired) electrons. The molecule has 3 aromatic rings. The van der Waals surface area contributed by atoms with Crippen molar-refractivity contribution < 1.29 is 13.2 Å². The van der Waals surface area contributed by atoms with Gasteiger partial charge in [0.25, 0.3) is 5.91 Å². The lowest BCUT2D eigenvalue weighted by molar-refractivity contribution is 0.102. The largest absolute Gasteiger partial charge is 0.356 e. The molecule has 1 amide bonds. The van der Waals surface area contributed by atoms with Crippen LogP contribution in [0.3, 0.4) is 0 Å². The number of nitrogens with zero attached hydrogens (tertiary/aromatic N) is 1. The predicted octanol–water partition coefficient (Wildman–Crippen LogP) is 4.63. The van der Waals surface area contributed by atoms with Gasteiger partial charge >= 0.3 is 0 Å². The second-order valence-electron chi connectivity index (χ2n) is 7.26. The first-order valence-electron chi connectivity index (χ1n) is 9.79. The van der Waals surface area contributed by atoms with Gasteiger partial charge in [0, 0.05) is 41.5 Å². The number of sulfonamides is 1. The minimum Gasteiger partial charge on any atom is -0.356 e. The normalized spacial score (nSPS) is 15.0. The summed E-state index contributed by atoms with van der Waals surface area (Å²) in [5.74, 6) is 1.16. The van der Waals surface area contributed by atoms with Crippen LogP contribution in [0.1, 0.15) is 16.1 Å². The Morgan fingerprint density at radius 1 is 1.10 bits per heavy atom. The zero-order valence-corrected chi connectivity index (χ0v) is 19.3. The number of H-pyrrole nitrogens is 1. The standard InChI is InChI=1S/C22H22ClN3O3S2/c1-15-11-17(16-3-2-4-18(23)12-16)5-6-20(15)25-22(27)21-13-19(14-24-21)31(28,29)26-7-9-30-10-8-26/h2-6,11-14,24H,7-10H2,1H3,(H,25,27). The molecule has 0 atom stereocenters. The lowest BCUT2D eigenvalue weighted by Gasteiger charge is -2.24. The van der Waals surface area contributed by atoms with Crippen molar-refractivity contribution in [1.82, 2.24) is 9.29 Å². The highest BCUT2D eigenvalue weighted by molar-refractivity contribution is 7.99. The summed E-state index contributed by atoms with van der Waals surface area (Å²) in [5, 5.41) is 3.51. The summed E-state index contributed by atoms with van der Waals surface area (Å²) >= 11 is 7.82. The topological polar surface area (TPSA) is 82.3 Å². The van der Waals surface area contributed by atoms with Gasteiger partial charge in [-0.15, -0.1) is 0 Å². The van der Waals surface area contributed by atoms with Gasteiger partial charge in [0.2, 0.25) is 10.0 Å². The van der Waals surface area contributed by atoms with Crippen LogP contribution < -0.4 is 5.32 Å². The van der Waals surface area contributed by atoms with Gasteiger partial charge < -0.3 is 10.3 Å². The van der Waals surface area contributed by atoms with E-state index in [2.05, 4.69) is 10.3 Å². The van der Waals surface area contributed by atoms with Crippen LogP contribution in [0, 0.1) is 6.92 Å². The molecular formula is C22H22ClN3O3S2. The molecule has 4 rings (SSSR count). The van der Waals surface area contributed by atoms with E-state index in [1.807, 2.05) is 49.4 Å². The lowest BCUT2D eigenvalue weighted by Crippen LogP contribution is -2.37. The fraction of sp³-hybridized carbons (Fsp3) is 0.227. The molecule has 6 nitrogen and oxygen atoms in total. The van der Waals surface area contributed by atoms with Crippen molar-refractivity contribution >= 4 is 45.0 Å². The van der Waals surface area contributed by atoms with Crippen molar-refractivity contribution in [2.24, 2.45) is 0 Å². The molecule has 0 unspecified atom stereocenters. The molecule has 162 valence electrons. The van der Waals surface area contributed by atoms with Crippen LogP contribution in [0.2, 0.25) is 5.02 Å². The Hall–Kier alpha value is -2.26. The number of nitrogens with one attached hydrogen (secondary N) is 2. The highest BCUT2D eigenvalue weighted by Crippen LogP contribution is 2.27. The molecule has 1 saturated heterocycles. The summed E-state index contributed by atoms with van der Waals surface area (Å²) < 4.78 is 27.0. The van der Waals surface area contributed by atoms with E-state index in [9.17, 15) is 13.2 Å². The van der Waals surface area contributed by atoms with Crippen molar-refractivity contribution in [1.29, 1.82) is 0 Å². The molecule has 1 aromatic heterocycles. The summed E-state index contributed by atoms with van der Waals surface area (Å²) in [4.78, 5) is 15.6. The first kappa shape index (κ1) is 22.0. The third kappa shape index (κ3) is 4.82. The number of amides is 1. The van der Waals surface area contributed by atoms with Gasteiger partial charge in [0.05, 0.1) is 0 Å². The number of benzene rings is 2. The number of aryl methyl sites for hydroxylation is 1. The van der Waals surface area contributed by atoms with Crippen LogP contribution in [0.5, 0.6) is 0 Å². The number of hydrogen-bond donors (Lipinski definition) is 2. The molecule has 1 aliphatic heterocycles. The average molecular weight is 476 g/mol. The fourth-order valence-electron chi connectivity index (χ4n) is 3.43. The number of anilines is 1. The maximum atomic E-state index is 12.8. The van der Waals surface area contributed by atoms with Crippen LogP contribution in [0.25, 0.3) is 11.1 Å². The first-order chi connectivity index (χ1) is 14.8. The van der Waals surface area contributed by atoms with E-state index >= 15 is 0 Å². The van der Waals surface area contributed by atoms with Crippen LogP contribution in [-0.2, 0) is 10.0 Å². The summed E-state index contributed by atoms with van der Waals surface area (Å²) in [7, 11) is -3.60. The Bertz CT molecular complexity index is 1220. The van der Waals surface area contributed by atoms with Gasteiger partial charge in [-0.1, -0.05) is 29.8 Å². The summed E-state index contributed by atoms with van der Waals surface area (Å²) in [5.41, 5.74) is 3.72. The van der Waals surface area contributed by atoms with Crippen molar-refractivity contribution in [3.63, 3.8) is 0 Å². The van der Waals surface area contributed by atoms with E-state index in [1.54, 1.807) is 11.8 Å². The number of carbonyl (C=O) groups is 1. The molecule has 0 spiro atoms. The Morgan fingerprint density at radius 2 is 1.84 bits per heavy atom. The smallest absolute Gasteiger partial charge is 0.272 e. The van der Waals surface area contributed by atoms with Crippen molar-refractivity contribution in [3.8, 4) is 11.1 Å². The molecule has 2 N–H and O–H groups in total. The molecule has 2 aromatic carbocycles. The van der Waals surface area contributed by atoms with Crippen LogP contribution in [0.4, 0.5) is 5.69 Å². The predicted molar refractivity (Wildman–Crippen MR) is 126 cm³/mol. The summed E-state index contributed by atoms with van der Waals surface area (Å²) in [6.45, 7) is 2.87. The van der Waals surface area contributed by atoms with Gasteiger partial charge in [-0.05, 0) is 53.9 Å². The number of thioether (sulfide) groups is 1. The Balaban J connectivity index is 1.50. The van der Waals surface area contributed by atoms with E-state index in [4.69, 9.17) is 11.6 Å². The highest BCUT2D eigenvalue weighted by Gasteiger charge is 2.27. The van der Waals surface area contributed by atoms with Crippen molar-refractivity contribution in [2.45, 2.75) is 11.8 Å². The molecule has 9 heteroatoms. The number of halogens is 1. The monoisotopic (exact) mass is 475 g/mol. The van der Waals surface area contributed by atoms with Gasteiger partial charge in [0.15, 0.2) is 0 Å². The molecule has 0 aliphatic carbocycles. The van der Waals surface area contributed by atoms with Crippen LogP contribution in [0.15, 0.2) is 59.6 Å². The number of rotatable bonds is 5. The van der Waals surface area contributed by atoms with Gasteiger partial charge in [0.1, 0.15) is 10.6 Å². The number of hydrogen-bond acceptors (Lipinski definition) is 4. The zero-order chi connectivity index (χ0) is 22.0. The summed E-state index contributed by atoms with van der Waals surface area (Å²) in [6, 6.07) is 14.7. The Labute approximate surface area is 191 Å². The number of aromatic nitrogens is 1. The van der Waals surface area contributed by atoms with Gasteiger partial charge in [-0.2, -0.15) is 16.1 Å². The lowest BCUT2D eigenvalue weighted by atomic mass is 10.0. The zero-order valence-electron chi connectivity index (χ0n) is 16.9. The fourth-order valence-corrected chi connectivity index (χ4v) is 6.19. The minimum atomic E-state index is -3.60. The molecule has 1 fully saturated rings. The quantitative estimate of drug-likeness (QED) is 0.563. The number of carbonyl (C=O) groups excluding carboxylic acids is 1. The average Bonchev–Trinajstić information content (AvgIpc) is 3.27. The maximum absolute atomic E-state index is 12.8. The van der Waals surface area contributed by atoms with E-state index < -0.39 is 15.9 Å². The van der Waals surface area contributed by atoms with Gasteiger partial charge in [-0.25, -0.2) is 8.42 Å². The SMILES string of the molecule is Cc1cc(-c2cccc(Cl)c2)ccc1NC(=O)c1cc(S(=O)(=O)N2CCSCC2)c[nH]1. The Morgan fingerprint density at radius 3 is 2.55 bits per heavy atom. The highest BCUT2D eigenvalue weighted by atomic mass is 35.5. The molecule has 1 aliphatic rings. The summed E-state index contributed by atoms with van der Waals surface area (Å²) in [6.07, 6.45) is 1.38. The molecule has 2 heterocycles. The minimum absolute atomic E-state index is 0.109. The second kappa shape index (κ2) is 9.08. The Kier molecular flexibility index (Phi) is 6.43. The third-order valence-electron chi connectivity index (χ3n) is 5.14. The first-order valence-corrected chi connectivity index (χ1v) is 12.8. The third-order valence-corrected chi connectivity index (χ3v) is 8.20. The second-order valence-corrected chi connectivity index (χ2v) is 10.9. The number of aromatic amines is 1. The van der Waals surface area contributed by atoms with Gasteiger partial charge in [-0.3, -0.25) is 4.79 Å².